The standard InChI is InChI=1S/C14H22N4O3/c1-15-13(19)10-18-6-4-11(5-7-18)17-14(20)16-9-12-3-2-8-21-12/h2-3,8,11H,4-7,9-10H2,1H3,(H,15,19)(H2,16,17,20). The van der Waals surface area contributed by atoms with Gasteiger partial charge in [0.2, 0.25) is 5.91 Å². The molecule has 0 unspecified atom stereocenters. The molecule has 0 radical (unpaired) electrons. The van der Waals surface area contributed by atoms with E-state index >= 15 is 0 Å². The van der Waals surface area contributed by atoms with Gasteiger partial charge in [0.25, 0.3) is 0 Å². The first-order valence-electron chi connectivity index (χ1n) is 7.17. The van der Waals surface area contributed by atoms with Crippen LogP contribution < -0.4 is 16.0 Å². The molecule has 3 N–H and O–H groups in total. The summed E-state index contributed by atoms with van der Waals surface area (Å²) in [5, 5.41) is 8.33. The number of hydrogen-bond donors (Lipinski definition) is 3. The molecule has 3 amide bonds. The van der Waals surface area contributed by atoms with E-state index in [0.29, 0.717) is 13.1 Å². The third-order valence-corrected chi connectivity index (χ3v) is 3.57. The minimum atomic E-state index is -0.184. The van der Waals surface area contributed by atoms with Crippen LogP contribution in [0.3, 0.4) is 0 Å². The van der Waals surface area contributed by atoms with Gasteiger partial charge in [-0.05, 0) is 25.0 Å². The van der Waals surface area contributed by atoms with E-state index in [1.807, 2.05) is 6.07 Å². The van der Waals surface area contributed by atoms with Crippen LogP contribution in [-0.2, 0) is 11.3 Å². The maximum absolute atomic E-state index is 11.8. The minimum Gasteiger partial charge on any atom is -0.467 e. The lowest BCUT2D eigenvalue weighted by Crippen LogP contribution is -2.49. The molecule has 1 saturated heterocycles. The third kappa shape index (κ3) is 5.11. The zero-order chi connectivity index (χ0) is 15.1. The fourth-order valence-corrected chi connectivity index (χ4v) is 2.33. The highest BCUT2D eigenvalue weighted by molar-refractivity contribution is 5.77. The molecule has 0 aliphatic carbocycles. The summed E-state index contributed by atoms with van der Waals surface area (Å²) < 4.78 is 5.15. The second kappa shape index (κ2) is 7.68. The number of likely N-dealkylation sites (N-methyl/N-ethyl adjacent to an activating group) is 1. The Balaban J connectivity index is 1.63. The molecule has 1 aliphatic heterocycles. The number of piperidine rings is 1. The van der Waals surface area contributed by atoms with E-state index in [1.165, 1.54) is 0 Å². The molecule has 116 valence electrons. The first kappa shape index (κ1) is 15.4. The van der Waals surface area contributed by atoms with Gasteiger partial charge in [-0.1, -0.05) is 0 Å². The highest BCUT2D eigenvalue weighted by atomic mass is 16.3. The van der Waals surface area contributed by atoms with Crippen molar-refractivity contribution in [3.63, 3.8) is 0 Å². The van der Waals surface area contributed by atoms with Crippen molar-refractivity contribution in [3.8, 4) is 0 Å². The molecule has 1 fully saturated rings. The van der Waals surface area contributed by atoms with Crippen LogP contribution in [0.1, 0.15) is 18.6 Å². The molecule has 0 atom stereocenters. The van der Waals surface area contributed by atoms with Gasteiger partial charge in [-0.2, -0.15) is 0 Å². The van der Waals surface area contributed by atoms with Crippen LogP contribution in [0.15, 0.2) is 22.8 Å². The molecule has 0 aromatic carbocycles. The molecule has 0 spiro atoms. The van der Waals surface area contributed by atoms with Crippen molar-refractivity contribution in [1.29, 1.82) is 0 Å². The number of hydrogen-bond acceptors (Lipinski definition) is 4. The van der Waals surface area contributed by atoms with Crippen molar-refractivity contribution in [2.75, 3.05) is 26.7 Å². The van der Waals surface area contributed by atoms with Crippen molar-refractivity contribution in [3.05, 3.63) is 24.2 Å². The summed E-state index contributed by atoms with van der Waals surface area (Å²) in [4.78, 5) is 25.2. The molecular weight excluding hydrogens is 272 g/mol. The van der Waals surface area contributed by atoms with Gasteiger partial charge in [-0.25, -0.2) is 4.79 Å². The predicted octanol–water partition coefficient (Wildman–Crippen LogP) is 0.289. The van der Waals surface area contributed by atoms with Gasteiger partial charge in [-0.15, -0.1) is 0 Å². The van der Waals surface area contributed by atoms with Crippen molar-refractivity contribution in [2.45, 2.75) is 25.4 Å². The summed E-state index contributed by atoms with van der Waals surface area (Å²) in [6.07, 6.45) is 3.29. The normalized spacial score (nSPS) is 16.4. The van der Waals surface area contributed by atoms with E-state index in [-0.39, 0.29) is 18.0 Å². The Kier molecular flexibility index (Phi) is 5.62. The monoisotopic (exact) mass is 294 g/mol. The summed E-state index contributed by atoms with van der Waals surface area (Å²) in [5.41, 5.74) is 0. The predicted molar refractivity (Wildman–Crippen MR) is 77.6 cm³/mol. The SMILES string of the molecule is CNC(=O)CN1CCC(NC(=O)NCc2ccco2)CC1. The van der Waals surface area contributed by atoms with Gasteiger partial charge in [0.1, 0.15) is 5.76 Å². The maximum atomic E-state index is 11.8. The first-order valence-corrected chi connectivity index (χ1v) is 7.17. The molecule has 7 nitrogen and oxygen atoms in total. The summed E-state index contributed by atoms with van der Waals surface area (Å²) in [7, 11) is 1.64. The third-order valence-electron chi connectivity index (χ3n) is 3.57. The smallest absolute Gasteiger partial charge is 0.315 e. The summed E-state index contributed by atoms with van der Waals surface area (Å²) >= 11 is 0. The number of urea groups is 1. The second-order valence-corrected chi connectivity index (χ2v) is 5.13. The maximum Gasteiger partial charge on any atom is 0.315 e. The highest BCUT2D eigenvalue weighted by Crippen LogP contribution is 2.09. The Bertz CT molecular complexity index is 453. The molecule has 1 aliphatic rings. The van der Waals surface area contributed by atoms with Crippen LogP contribution in [0.4, 0.5) is 4.79 Å². The number of amides is 3. The van der Waals surface area contributed by atoms with E-state index in [0.717, 1.165) is 31.7 Å². The Hall–Kier alpha value is -2.02. The molecule has 0 saturated carbocycles. The fraction of sp³-hybridized carbons (Fsp3) is 0.571. The van der Waals surface area contributed by atoms with Crippen LogP contribution in [-0.4, -0.2) is 49.6 Å². The Labute approximate surface area is 124 Å². The number of likely N-dealkylation sites (tertiary alicyclic amines) is 1. The molecular formula is C14H22N4O3. The Morgan fingerprint density at radius 3 is 2.76 bits per heavy atom. The molecule has 1 aromatic heterocycles. The van der Waals surface area contributed by atoms with Gasteiger partial charge in [0.15, 0.2) is 0 Å². The summed E-state index contributed by atoms with van der Waals surface area (Å²) in [5.74, 6) is 0.753. The average Bonchev–Trinajstić information content (AvgIpc) is 3.00. The lowest BCUT2D eigenvalue weighted by atomic mass is 10.1. The van der Waals surface area contributed by atoms with E-state index in [2.05, 4.69) is 20.9 Å². The molecule has 2 rings (SSSR count). The number of rotatable bonds is 5. The minimum absolute atomic E-state index is 0.0256. The zero-order valence-corrected chi connectivity index (χ0v) is 12.2. The number of nitrogens with zero attached hydrogens (tertiary/aromatic N) is 1. The van der Waals surface area contributed by atoms with Gasteiger partial charge >= 0.3 is 6.03 Å². The van der Waals surface area contributed by atoms with E-state index in [1.54, 1.807) is 19.4 Å². The Morgan fingerprint density at radius 2 is 2.14 bits per heavy atom. The molecule has 1 aromatic rings. The van der Waals surface area contributed by atoms with Crippen molar-refractivity contribution < 1.29 is 14.0 Å². The first-order chi connectivity index (χ1) is 10.2. The average molecular weight is 294 g/mol. The Morgan fingerprint density at radius 1 is 1.38 bits per heavy atom. The van der Waals surface area contributed by atoms with Crippen LogP contribution >= 0.6 is 0 Å². The highest BCUT2D eigenvalue weighted by Gasteiger charge is 2.21. The number of nitrogens with one attached hydrogen (secondary N) is 3. The molecule has 0 bridgehead atoms. The number of carbonyl (C=O) groups is 2. The quantitative estimate of drug-likeness (QED) is 0.728. The van der Waals surface area contributed by atoms with Crippen molar-refractivity contribution >= 4 is 11.9 Å². The lowest BCUT2D eigenvalue weighted by molar-refractivity contribution is -0.122. The molecule has 21 heavy (non-hydrogen) atoms. The van der Waals surface area contributed by atoms with Crippen LogP contribution in [0.5, 0.6) is 0 Å². The van der Waals surface area contributed by atoms with Gasteiger partial charge in [0, 0.05) is 26.2 Å². The fourth-order valence-electron chi connectivity index (χ4n) is 2.33. The van der Waals surface area contributed by atoms with Crippen LogP contribution in [0.2, 0.25) is 0 Å². The summed E-state index contributed by atoms with van der Waals surface area (Å²) in [6.45, 7) is 2.44. The van der Waals surface area contributed by atoms with Crippen molar-refractivity contribution in [1.82, 2.24) is 20.9 Å². The van der Waals surface area contributed by atoms with Gasteiger partial charge in [-0.3, -0.25) is 9.69 Å². The van der Waals surface area contributed by atoms with Gasteiger partial charge < -0.3 is 20.4 Å². The van der Waals surface area contributed by atoms with Gasteiger partial charge in [0.05, 0.1) is 19.4 Å². The zero-order valence-electron chi connectivity index (χ0n) is 12.2. The topological polar surface area (TPSA) is 86.6 Å². The summed E-state index contributed by atoms with van der Waals surface area (Å²) in [6, 6.07) is 3.58. The van der Waals surface area contributed by atoms with Crippen LogP contribution in [0, 0.1) is 0 Å². The second-order valence-electron chi connectivity index (χ2n) is 5.13. The molecule has 2 heterocycles. The van der Waals surface area contributed by atoms with E-state index < -0.39 is 0 Å². The lowest BCUT2D eigenvalue weighted by Gasteiger charge is -2.31. The number of carbonyl (C=O) groups excluding carboxylic acids is 2. The number of furan rings is 1. The molecule has 7 heteroatoms. The largest absolute Gasteiger partial charge is 0.467 e. The van der Waals surface area contributed by atoms with Crippen LogP contribution in [0.25, 0.3) is 0 Å². The van der Waals surface area contributed by atoms with E-state index in [9.17, 15) is 9.59 Å². The van der Waals surface area contributed by atoms with Crippen molar-refractivity contribution in [2.24, 2.45) is 0 Å². The van der Waals surface area contributed by atoms with E-state index in [4.69, 9.17) is 4.42 Å².